The minimum absolute atomic E-state index is 0.112. The number of carboxylic acid groups (broad SMARTS) is 1. The first-order valence-electron chi connectivity index (χ1n) is 5.02. The Hall–Kier alpha value is -2.07. The lowest BCUT2D eigenvalue weighted by atomic mass is 10.3. The summed E-state index contributed by atoms with van der Waals surface area (Å²) in [4.78, 5) is 25.7. The summed E-state index contributed by atoms with van der Waals surface area (Å²) in [5, 5.41) is 20.5. The van der Waals surface area contributed by atoms with E-state index in [1.807, 2.05) is 6.07 Å². The maximum Gasteiger partial charge on any atom is 0.327 e. The Bertz CT molecular complexity index is 499. The molecule has 1 aromatic rings. The first-order chi connectivity index (χ1) is 8.54. The van der Waals surface area contributed by atoms with Crippen molar-refractivity contribution < 1.29 is 14.7 Å². The van der Waals surface area contributed by atoms with E-state index >= 15 is 0 Å². The van der Waals surface area contributed by atoms with Gasteiger partial charge in [-0.1, -0.05) is 0 Å². The van der Waals surface area contributed by atoms with Crippen molar-refractivity contribution in [3.05, 3.63) is 23.9 Å². The van der Waals surface area contributed by atoms with Crippen molar-refractivity contribution in [3.63, 3.8) is 0 Å². The van der Waals surface area contributed by atoms with Gasteiger partial charge >= 0.3 is 5.97 Å². The van der Waals surface area contributed by atoms with E-state index in [9.17, 15) is 9.59 Å². The molecular weight excluding hydrogens is 254 g/mol. The molecule has 94 valence electrons. The van der Waals surface area contributed by atoms with Crippen LogP contribution in [0.15, 0.2) is 23.4 Å². The van der Waals surface area contributed by atoms with Crippen LogP contribution < -0.4 is 5.32 Å². The van der Waals surface area contributed by atoms with Crippen LogP contribution in [-0.4, -0.2) is 33.8 Å². The Kier molecular flexibility index (Phi) is 5.14. The van der Waals surface area contributed by atoms with Gasteiger partial charge in [-0.15, -0.1) is 11.8 Å². The Balaban J connectivity index is 2.70. The molecule has 6 nitrogen and oxygen atoms in total. The number of carboxylic acids is 1. The summed E-state index contributed by atoms with van der Waals surface area (Å²) in [7, 11) is 0. The molecule has 0 aliphatic carbocycles. The summed E-state index contributed by atoms with van der Waals surface area (Å²) in [6.07, 6.45) is 1.53. The topological polar surface area (TPSA) is 103 Å². The number of rotatable bonds is 5. The zero-order valence-corrected chi connectivity index (χ0v) is 10.4. The van der Waals surface area contributed by atoms with E-state index in [0.29, 0.717) is 10.6 Å². The minimum atomic E-state index is -1.12. The third-order valence-corrected chi connectivity index (χ3v) is 3.05. The molecule has 0 fully saturated rings. The zero-order chi connectivity index (χ0) is 13.5. The molecule has 1 heterocycles. The molecule has 0 aliphatic heterocycles. The normalized spacial score (nSPS) is 11.3. The smallest absolute Gasteiger partial charge is 0.327 e. The van der Waals surface area contributed by atoms with Gasteiger partial charge in [0.15, 0.2) is 0 Å². The van der Waals surface area contributed by atoms with Gasteiger partial charge in [0.05, 0.1) is 5.56 Å². The van der Waals surface area contributed by atoms with Gasteiger partial charge in [0.2, 0.25) is 5.91 Å². The van der Waals surface area contributed by atoms with Crippen molar-refractivity contribution in [2.45, 2.75) is 18.0 Å². The van der Waals surface area contributed by atoms with Gasteiger partial charge in [-0.3, -0.25) is 4.79 Å². The summed E-state index contributed by atoms with van der Waals surface area (Å²) in [6, 6.07) is 4.20. The lowest BCUT2D eigenvalue weighted by molar-refractivity contribution is -0.140. The number of carbonyl (C=O) groups is 2. The van der Waals surface area contributed by atoms with E-state index in [1.165, 1.54) is 13.1 Å². The number of hydrogen-bond acceptors (Lipinski definition) is 5. The van der Waals surface area contributed by atoms with Gasteiger partial charge in [-0.25, -0.2) is 9.78 Å². The predicted octanol–water partition coefficient (Wildman–Crippen LogP) is 0.635. The fourth-order valence-electron chi connectivity index (χ4n) is 1.17. The molecule has 1 atom stereocenters. The molecule has 2 N–H and O–H groups in total. The molecule has 0 spiro atoms. The van der Waals surface area contributed by atoms with Crippen molar-refractivity contribution >= 4 is 23.6 Å². The van der Waals surface area contributed by atoms with Crippen molar-refractivity contribution in [1.29, 1.82) is 5.26 Å². The van der Waals surface area contributed by atoms with Crippen molar-refractivity contribution in [2.75, 3.05) is 5.75 Å². The second-order valence-corrected chi connectivity index (χ2v) is 4.38. The van der Waals surface area contributed by atoms with E-state index < -0.39 is 17.9 Å². The van der Waals surface area contributed by atoms with E-state index in [-0.39, 0.29) is 5.75 Å². The molecule has 7 heteroatoms. The molecule has 0 bridgehead atoms. The van der Waals surface area contributed by atoms with E-state index in [0.717, 1.165) is 11.8 Å². The molecule has 0 unspecified atom stereocenters. The molecule has 1 rings (SSSR count). The van der Waals surface area contributed by atoms with Crippen LogP contribution in [0.3, 0.4) is 0 Å². The largest absolute Gasteiger partial charge is 0.480 e. The number of thioether (sulfide) groups is 1. The molecule has 1 amide bonds. The summed E-state index contributed by atoms with van der Waals surface area (Å²) >= 11 is 1.12. The molecule has 1 aromatic heterocycles. The first-order valence-corrected chi connectivity index (χ1v) is 6.01. The number of nitriles is 1. The van der Waals surface area contributed by atoms with Crippen LogP contribution in [-0.2, 0) is 9.59 Å². The Morgan fingerprint density at radius 3 is 2.94 bits per heavy atom. The molecule has 0 saturated heterocycles. The van der Waals surface area contributed by atoms with E-state index in [4.69, 9.17) is 10.4 Å². The number of aliphatic carboxylic acids is 1. The molecule has 0 saturated carbocycles. The molecule has 0 aromatic carbocycles. The number of nitrogens with one attached hydrogen (secondary N) is 1. The van der Waals surface area contributed by atoms with Gasteiger partial charge in [0, 0.05) is 18.9 Å². The number of hydrogen-bond donors (Lipinski definition) is 2. The van der Waals surface area contributed by atoms with Crippen LogP contribution in [0.5, 0.6) is 0 Å². The van der Waals surface area contributed by atoms with Crippen molar-refractivity contribution in [2.24, 2.45) is 0 Å². The van der Waals surface area contributed by atoms with Gasteiger partial charge in [-0.2, -0.15) is 5.26 Å². The highest BCUT2D eigenvalue weighted by Crippen LogP contribution is 2.19. The highest BCUT2D eigenvalue weighted by molar-refractivity contribution is 7.99. The second-order valence-electron chi connectivity index (χ2n) is 3.37. The lowest BCUT2D eigenvalue weighted by Gasteiger charge is -2.12. The van der Waals surface area contributed by atoms with Crippen LogP contribution in [0.2, 0.25) is 0 Å². The standard InChI is InChI=1S/C11H11N3O3S/c1-7(15)14-9(11(16)17)6-18-10-8(5-12)3-2-4-13-10/h2-4,9H,6H2,1H3,(H,14,15)(H,16,17)/t9-/m0/s1. The van der Waals surface area contributed by atoms with Gasteiger partial charge in [0.25, 0.3) is 0 Å². The Morgan fingerprint density at radius 1 is 1.67 bits per heavy atom. The quantitative estimate of drug-likeness (QED) is 0.757. The van der Waals surface area contributed by atoms with Gasteiger partial charge < -0.3 is 10.4 Å². The highest BCUT2D eigenvalue weighted by Gasteiger charge is 2.19. The van der Waals surface area contributed by atoms with Gasteiger partial charge in [0.1, 0.15) is 17.1 Å². The number of aromatic nitrogens is 1. The third kappa shape index (κ3) is 4.07. The van der Waals surface area contributed by atoms with Crippen molar-refractivity contribution in [3.8, 4) is 6.07 Å². The van der Waals surface area contributed by atoms with Gasteiger partial charge in [-0.05, 0) is 12.1 Å². The Morgan fingerprint density at radius 2 is 2.39 bits per heavy atom. The average molecular weight is 265 g/mol. The maximum atomic E-state index is 10.9. The number of carbonyl (C=O) groups excluding carboxylic acids is 1. The van der Waals surface area contributed by atoms with E-state index in [2.05, 4.69) is 10.3 Å². The van der Waals surface area contributed by atoms with Crippen LogP contribution in [0.1, 0.15) is 12.5 Å². The first kappa shape index (κ1) is 14.0. The van der Waals surface area contributed by atoms with Crippen LogP contribution in [0.4, 0.5) is 0 Å². The third-order valence-electron chi connectivity index (χ3n) is 1.95. The molecule has 18 heavy (non-hydrogen) atoms. The number of pyridine rings is 1. The number of amides is 1. The summed E-state index contributed by atoms with van der Waals surface area (Å²) in [5.41, 5.74) is 0.384. The van der Waals surface area contributed by atoms with Crippen LogP contribution in [0.25, 0.3) is 0 Å². The summed E-state index contributed by atoms with van der Waals surface area (Å²) in [6.45, 7) is 1.25. The molecule has 0 radical (unpaired) electrons. The minimum Gasteiger partial charge on any atom is -0.480 e. The number of nitrogens with zero attached hydrogens (tertiary/aromatic N) is 2. The SMILES string of the molecule is CC(=O)N[C@@H](CSc1ncccc1C#N)C(=O)O. The fourth-order valence-corrected chi connectivity index (χ4v) is 2.13. The molecular formula is C11H11N3O3S. The summed E-state index contributed by atoms with van der Waals surface area (Å²) in [5.74, 6) is -1.42. The average Bonchev–Trinajstić information content (AvgIpc) is 2.34. The van der Waals surface area contributed by atoms with Crippen LogP contribution in [0, 0.1) is 11.3 Å². The maximum absolute atomic E-state index is 10.9. The predicted molar refractivity (Wildman–Crippen MR) is 64.9 cm³/mol. The summed E-state index contributed by atoms with van der Waals surface area (Å²) < 4.78 is 0. The second kappa shape index (κ2) is 6.61. The van der Waals surface area contributed by atoms with Crippen molar-refractivity contribution in [1.82, 2.24) is 10.3 Å². The van der Waals surface area contributed by atoms with E-state index in [1.54, 1.807) is 12.1 Å². The Labute approximate surface area is 108 Å². The molecule has 0 aliphatic rings. The lowest BCUT2D eigenvalue weighted by Crippen LogP contribution is -2.41. The monoisotopic (exact) mass is 265 g/mol. The zero-order valence-electron chi connectivity index (χ0n) is 9.58. The fraction of sp³-hybridized carbons (Fsp3) is 0.273. The van der Waals surface area contributed by atoms with Crippen LogP contribution >= 0.6 is 11.8 Å². The highest BCUT2D eigenvalue weighted by atomic mass is 32.2.